The van der Waals surface area contributed by atoms with E-state index in [1.807, 2.05) is 0 Å². The van der Waals surface area contributed by atoms with Gasteiger partial charge in [0.2, 0.25) is 5.95 Å². The molecule has 0 bridgehead atoms. The third-order valence-electron chi connectivity index (χ3n) is 6.53. The first-order valence-electron chi connectivity index (χ1n) is 13.9. The molecule has 0 saturated carbocycles. The SMILES string of the molecule is CNC(=O)c1nc(-c2cnn(CCCCO)c2)ccc1NCCc1nc(Nc2ccc(CO[P+](=O)O)cc2F)ncc1C(F)(F)F. The van der Waals surface area contributed by atoms with Gasteiger partial charge in [0.15, 0.2) is 5.69 Å². The van der Waals surface area contributed by atoms with E-state index >= 15 is 0 Å². The van der Waals surface area contributed by atoms with Crippen LogP contribution in [0.15, 0.2) is 48.9 Å². The standard InChI is InChI=1S/C28H29F4N8O5P/c1-33-26(42)25-24(7-6-21(37-25)18-13-36-40(15-18)10-2-3-11-41)34-9-8-22-19(28(30,31)32)14-35-27(38-22)39-23-5-4-17(12-20(23)29)16-45-46(43)44/h4-7,12-15,41H,2-3,8-11,16H2,1H3,(H3-,33,34,35,38,39,42,43,44)/p+1. The molecule has 0 aliphatic carbocycles. The molecule has 0 spiro atoms. The summed E-state index contributed by atoms with van der Waals surface area (Å²) in [6.07, 6.45) is 0.292. The number of unbranched alkanes of at least 4 members (excludes halogenated alkanes) is 1. The van der Waals surface area contributed by atoms with Gasteiger partial charge >= 0.3 is 14.4 Å². The molecule has 4 rings (SSSR count). The first kappa shape index (κ1) is 34.3. The number of carbonyl (C=O) groups excluding carboxylic acids is 1. The Morgan fingerprint density at radius 2 is 1.89 bits per heavy atom. The third-order valence-corrected chi connectivity index (χ3v) is 6.88. The largest absolute Gasteiger partial charge is 0.695 e. The molecule has 1 atom stereocenters. The van der Waals surface area contributed by atoms with Crippen molar-refractivity contribution >= 4 is 31.5 Å². The molecule has 1 aromatic carbocycles. The van der Waals surface area contributed by atoms with Crippen LogP contribution >= 0.6 is 8.25 Å². The Labute approximate surface area is 261 Å². The molecule has 0 aliphatic heterocycles. The summed E-state index contributed by atoms with van der Waals surface area (Å²) in [5.74, 6) is -1.63. The second kappa shape index (κ2) is 15.6. The van der Waals surface area contributed by atoms with Crippen molar-refractivity contribution < 1.29 is 41.4 Å². The Balaban J connectivity index is 1.50. The van der Waals surface area contributed by atoms with Gasteiger partial charge in [-0.15, -0.1) is 9.42 Å². The second-order valence-electron chi connectivity index (χ2n) is 9.77. The van der Waals surface area contributed by atoms with Gasteiger partial charge in [0, 0.05) is 55.7 Å². The van der Waals surface area contributed by atoms with Gasteiger partial charge < -0.3 is 21.1 Å². The van der Waals surface area contributed by atoms with E-state index in [1.54, 1.807) is 29.2 Å². The molecule has 3 aromatic heterocycles. The van der Waals surface area contributed by atoms with E-state index < -0.39 is 31.7 Å². The maximum atomic E-state index is 14.6. The van der Waals surface area contributed by atoms with Crippen LogP contribution in [0.4, 0.5) is 34.9 Å². The highest BCUT2D eigenvalue weighted by atomic mass is 31.1. The molecule has 46 heavy (non-hydrogen) atoms. The molecular weight excluding hydrogens is 635 g/mol. The van der Waals surface area contributed by atoms with Crippen molar-refractivity contribution in [2.45, 2.75) is 38.6 Å². The van der Waals surface area contributed by atoms with Crippen molar-refractivity contribution in [2.24, 2.45) is 0 Å². The maximum absolute atomic E-state index is 14.6. The zero-order valence-corrected chi connectivity index (χ0v) is 25.3. The number of hydrogen-bond donors (Lipinski definition) is 5. The third kappa shape index (κ3) is 9.23. The number of alkyl halides is 3. The lowest BCUT2D eigenvalue weighted by Crippen LogP contribution is -2.22. The summed E-state index contributed by atoms with van der Waals surface area (Å²) in [6.45, 7) is 0.267. The van der Waals surface area contributed by atoms with E-state index in [9.17, 15) is 26.9 Å². The average Bonchev–Trinajstić information content (AvgIpc) is 3.49. The number of carbonyl (C=O) groups is 1. The van der Waals surface area contributed by atoms with Crippen LogP contribution in [0.5, 0.6) is 0 Å². The van der Waals surface area contributed by atoms with Crippen LogP contribution in [-0.4, -0.2) is 60.8 Å². The number of aromatic nitrogens is 5. The number of halogens is 4. The second-order valence-corrected chi connectivity index (χ2v) is 10.5. The van der Waals surface area contributed by atoms with Crippen LogP contribution in [0.1, 0.15) is 40.2 Å². The minimum atomic E-state index is -4.77. The average molecular weight is 666 g/mol. The van der Waals surface area contributed by atoms with Gasteiger partial charge in [-0.05, 0) is 42.7 Å². The van der Waals surface area contributed by atoms with Crippen LogP contribution in [0.2, 0.25) is 0 Å². The molecule has 18 heteroatoms. The summed E-state index contributed by atoms with van der Waals surface area (Å²) in [5, 5.41) is 21.2. The summed E-state index contributed by atoms with van der Waals surface area (Å²) < 4.78 is 72.9. The molecule has 0 saturated heterocycles. The molecule has 0 fully saturated rings. The highest BCUT2D eigenvalue weighted by molar-refractivity contribution is 7.32. The molecule has 13 nitrogen and oxygen atoms in total. The summed E-state index contributed by atoms with van der Waals surface area (Å²) in [7, 11) is -1.45. The predicted octanol–water partition coefficient (Wildman–Crippen LogP) is 4.59. The predicted molar refractivity (Wildman–Crippen MR) is 159 cm³/mol. The van der Waals surface area contributed by atoms with Crippen LogP contribution in [0.25, 0.3) is 11.3 Å². The summed E-state index contributed by atoms with van der Waals surface area (Å²) >= 11 is 0. The van der Waals surface area contributed by atoms with E-state index in [0.717, 1.165) is 12.5 Å². The number of nitrogens with zero attached hydrogens (tertiary/aromatic N) is 5. The number of pyridine rings is 1. The molecule has 3 heterocycles. The molecular formula is C28H30F4N8O5P+. The molecule has 0 radical (unpaired) electrons. The lowest BCUT2D eigenvalue weighted by molar-refractivity contribution is -0.138. The lowest BCUT2D eigenvalue weighted by atomic mass is 10.1. The minimum absolute atomic E-state index is 0.0179. The number of anilines is 3. The van der Waals surface area contributed by atoms with Gasteiger partial charge in [-0.2, -0.15) is 18.3 Å². The highest BCUT2D eigenvalue weighted by Crippen LogP contribution is 2.32. The summed E-state index contributed by atoms with van der Waals surface area (Å²) in [5.41, 5.74) is 0.0523. The number of rotatable bonds is 15. The van der Waals surface area contributed by atoms with Gasteiger partial charge in [-0.25, -0.2) is 19.3 Å². The number of aryl methyl sites for hydroxylation is 1. The monoisotopic (exact) mass is 665 g/mol. The van der Waals surface area contributed by atoms with E-state index in [1.165, 1.54) is 19.2 Å². The van der Waals surface area contributed by atoms with Gasteiger partial charge in [0.25, 0.3) is 5.91 Å². The highest BCUT2D eigenvalue weighted by Gasteiger charge is 2.35. The number of nitrogens with one attached hydrogen (secondary N) is 3. The number of hydrogen-bond acceptors (Lipinski definition) is 10. The fourth-order valence-corrected chi connectivity index (χ4v) is 4.54. The Bertz CT molecular complexity index is 1690. The van der Waals surface area contributed by atoms with E-state index in [-0.39, 0.29) is 60.5 Å². The molecule has 4 aromatic rings. The van der Waals surface area contributed by atoms with Crippen molar-refractivity contribution in [3.63, 3.8) is 0 Å². The van der Waals surface area contributed by atoms with Crippen molar-refractivity contribution in [3.8, 4) is 11.3 Å². The fourth-order valence-electron chi connectivity index (χ4n) is 4.28. The number of aliphatic hydroxyl groups is 1. The zero-order chi connectivity index (χ0) is 33.3. The fraction of sp³-hybridized carbons (Fsp3) is 0.321. The number of aliphatic hydroxyl groups excluding tert-OH is 1. The first-order chi connectivity index (χ1) is 22.0. The number of benzene rings is 1. The Hall–Kier alpha value is -4.57. The van der Waals surface area contributed by atoms with Gasteiger partial charge in [0.1, 0.15) is 12.4 Å². The van der Waals surface area contributed by atoms with Crippen molar-refractivity contribution in [3.05, 3.63) is 77.3 Å². The van der Waals surface area contributed by atoms with Crippen molar-refractivity contribution in [1.82, 2.24) is 30.0 Å². The van der Waals surface area contributed by atoms with Crippen LogP contribution in [0.3, 0.4) is 0 Å². The van der Waals surface area contributed by atoms with Gasteiger partial charge in [0.05, 0.1) is 34.5 Å². The van der Waals surface area contributed by atoms with Gasteiger partial charge in [-0.3, -0.25) is 9.48 Å². The molecule has 1 amide bonds. The lowest BCUT2D eigenvalue weighted by Gasteiger charge is -2.15. The minimum Gasteiger partial charge on any atom is -0.396 e. The van der Waals surface area contributed by atoms with E-state index in [0.29, 0.717) is 30.4 Å². The van der Waals surface area contributed by atoms with E-state index in [2.05, 4.69) is 40.5 Å². The van der Waals surface area contributed by atoms with Crippen LogP contribution < -0.4 is 16.0 Å². The van der Waals surface area contributed by atoms with Crippen LogP contribution in [-0.2, 0) is 34.8 Å². The normalized spacial score (nSPS) is 11.8. The topological polar surface area (TPSA) is 176 Å². The Morgan fingerprint density at radius 3 is 2.59 bits per heavy atom. The van der Waals surface area contributed by atoms with E-state index in [4.69, 9.17) is 10.00 Å². The molecule has 1 unspecified atom stereocenters. The van der Waals surface area contributed by atoms with Gasteiger partial charge in [-0.1, -0.05) is 6.07 Å². The summed E-state index contributed by atoms with van der Waals surface area (Å²) in [6, 6.07) is 6.93. The molecule has 5 N–H and O–H groups in total. The van der Waals surface area contributed by atoms with Crippen LogP contribution in [0, 0.1) is 5.82 Å². The van der Waals surface area contributed by atoms with Crippen molar-refractivity contribution in [1.29, 1.82) is 0 Å². The molecule has 244 valence electrons. The quantitative estimate of drug-likeness (QED) is 0.0682. The van der Waals surface area contributed by atoms with Crippen molar-refractivity contribution in [2.75, 3.05) is 30.8 Å². The number of amides is 1. The molecule has 0 aliphatic rings. The smallest absolute Gasteiger partial charge is 0.396 e. The zero-order valence-electron chi connectivity index (χ0n) is 24.4. The first-order valence-corrected chi connectivity index (χ1v) is 15.0. The maximum Gasteiger partial charge on any atom is 0.695 e. The Kier molecular flexibility index (Phi) is 11.7. The Morgan fingerprint density at radius 1 is 1.11 bits per heavy atom. The summed E-state index contributed by atoms with van der Waals surface area (Å²) in [4.78, 5) is 33.5.